The summed E-state index contributed by atoms with van der Waals surface area (Å²) in [5.74, 6) is -2.02. The van der Waals surface area contributed by atoms with Gasteiger partial charge in [-0.3, -0.25) is 14.4 Å². The number of cyclic esters (lactones) is 1. The van der Waals surface area contributed by atoms with Crippen molar-refractivity contribution in [1.82, 2.24) is 0 Å². The summed E-state index contributed by atoms with van der Waals surface area (Å²) in [5.41, 5.74) is 1.63. The van der Waals surface area contributed by atoms with Crippen molar-refractivity contribution in [3.63, 3.8) is 0 Å². The van der Waals surface area contributed by atoms with Gasteiger partial charge in [0.2, 0.25) is 0 Å². The molecule has 0 spiro atoms. The smallest absolute Gasteiger partial charge is 0.325 e. The van der Waals surface area contributed by atoms with E-state index in [1.807, 2.05) is 30.3 Å². The van der Waals surface area contributed by atoms with Gasteiger partial charge in [-0.25, -0.2) is 0 Å². The molecule has 0 bridgehead atoms. The van der Waals surface area contributed by atoms with Crippen LogP contribution >= 0.6 is 0 Å². The Hall–Kier alpha value is -3.15. The Morgan fingerprint density at radius 2 is 1.79 bits per heavy atom. The van der Waals surface area contributed by atoms with E-state index in [2.05, 4.69) is 0 Å². The van der Waals surface area contributed by atoms with Crippen molar-refractivity contribution < 1.29 is 28.6 Å². The van der Waals surface area contributed by atoms with E-state index in [1.54, 1.807) is 18.2 Å². The molecule has 1 saturated heterocycles. The normalized spacial score (nSPS) is 18.6. The Labute approximate surface area is 163 Å². The van der Waals surface area contributed by atoms with Crippen LogP contribution in [0.25, 0.3) is 0 Å². The molecule has 1 heterocycles. The first-order chi connectivity index (χ1) is 13.5. The lowest BCUT2D eigenvalue weighted by Gasteiger charge is -2.11. The molecule has 2 unspecified atom stereocenters. The molecule has 1 aliphatic rings. The van der Waals surface area contributed by atoms with E-state index >= 15 is 0 Å². The van der Waals surface area contributed by atoms with Gasteiger partial charge in [0.25, 0.3) is 0 Å². The summed E-state index contributed by atoms with van der Waals surface area (Å²) in [5, 5.41) is 0. The standard InChI is InChI=1S/C22H22O6/c1-26-16-10-9-15(19(13-16)27-2)12-17(23)20-21(24)18(28-22(20)25)11-8-14-6-4-3-5-7-14/h3-7,9-10,13,18,20H,8,11-12H2,1-2H3. The number of carbonyl (C=O) groups excluding carboxylic acids is 3. The molecule has 0 saturated carbocycles. The third-order valence-electron chi connectivity index (χ3n) is 4.81. The molecular weight excluding hydrogens is 360 g/mol. The highest BCUT2D eigenvalue weighted by atomic mass is 16.6. The molecular formula is C22H22O6. The average molecular weight is 382 g/mol. The maximum atomic E-state index is 12.7. The van der Waals surface area contributed by atoms with Crippen LogP contribution in [0, 0.1) is 5.92 Å². The number of Topliss-reactive ketones (excluding diaryl/α,β-unsaturated/α-hetero) is 2. The van der Waals surface area contributed by atoms with Gasteiger partial charge in [0, 0.05) is 18.1 Å². The number of aryl methyl sites for hydroxylation is 1. The number of hydrogen-bond acceptors (Lipinski definition) is 6. The number of rotatable bonds is 8. The van der Waals surface area contributed by atoms with Crippen molar-refractivity contribution in [1.29, 1.82) is 0 Å². The third kappa shape index (κ3) is 4.22. The predicted molar refractivity (Wildman–Crippen MR) is 101 cm³/mol. The molecule has 28 heavy (non-hydrogen) atoms. The number of carbonyl (C=O) groups is 3. The molecule has 0 radical (unpaired) electrons. The first-order valence-corrected chi connectivity index (χ1v) is 9.05. The van der Waals surface area contributed by atoms with E-state index in [0.717, 1.165) is 5.56 Å². The van der Waals surface area contributed by atoms with Crippen LogP contribution in [0.3, 0.4) is 0 Å². The van der Waals surface area contributed by atoms with Crippen molar-refractivity contribution in [2.24, 2.45) is 5.92 Å². The van der Waals surface area contributed by atoms with E-state index in [0.29, 0.717) is 29.9 Å². The molecule has 1 aliphatic heterocycles. The first-order valence-electron chi connectivity index (χ1n) is 9.05. The SMILES string of the molecule is COc1ccc(CC(=O)C2C(=O)OC(CCc3ccccc3)C2=O)c(OC)c1. The zero-order valence-corrected chi connectivity index (χ0v) is 15.8. The van der Waals surface area contributed by atoms with Crippen LogP contribution < -0.4 is 9.47 Å². The van der Waals surface area contributed by atoms with Crippen LogP contribution in [0.15, 0.2) is 48.5 Å². The molecule has 0 aliphatic carbocycles. The second-order valence-electron chi connectivity index (χ2n) is 6.61. The molecule has 6 nitrogen and oxygen atoms in total. The maximum Gasteiger partial charge on any atom is 0.325 e. The van der Waals surface area contributed by atoms with E-state index < -0.39 is 29.6 Å². The summed E-state index contributed by atoms with van der Waals surface area (Å²) in [6.45, 7) is 0. The van der Waals surface area contributed by atoms with Crippen LogP contribution in [-0.2, 0) is 32.0 Å². The second-order valence-corrected chi connectivity index (χ2v) is 6.61. The van der Waals surface area contributed by atoms with Gasteiger partial charge in [-0.15, -0.1) is 0 Å². The lowest BCUT2D eigenvalue weighted by Crippen LogP contribution is -2.29. The van der Waals surface area contributed by atoms with E-state index in [4.69, 9.17) is 14.2 Å². The minimum absolute atomic E-state index is 0.0932. The van der Waals surface area contributed by atoms with Crippen LogP contribution in [-0.4, -0.2) is 37.9 Å². The molecule has 2 atom stereocenters. The van der Waals surface area contributed by atoms with Gasteiger partial charge in [-0.2, -0.15) is 0 Å². The minimum Gasteiger partial charge on any atom is -0.497 e. The Bertz CT molecular complexity index is 874. The Morgan fingerprint density at radius 1 is 1.04 bits per heavy atom. The molecule has 6 heteroatoms. The van der Waals surface area contributed by atoms with Crippen LogP contribution in [0.2, 0.25) is 0 Å². The van der Waals surface area contributed by atoms with E-state index in [1.165, 1.54) is 14.2 Å². The van der Waals surface area contributed by atoms with Gasteiger partial charge in [0.1, 0.15) is 11.5 Å². The second kappa shape index (κ2) is 8.69. The molecule has 0 N–H and O–H groups in total. The van der Waals surface area contributed by atoms with Crippen LogP contribution in [0.5, 0.6) is 11.5 Å². The Kier molecular flexibility index (Phi) is 6.09. The summed E-state index contributed by atoms with van der Waals surface area (Å²) in [7, 11) is 3.01. The van der Waals surface area contributed by atoms with Gasteiger partial charge >= 0.3 is 5.97 Å². The van der Waals surface area contributed by atoms with Gasteiger partial charge in [-0.1, -0.05) is 36.4 Å². The van der Waals surface area contributed by atoms with Crippen molar-refractivity contribution in [3.05, 3.63) is 59.7 Å². The van der Waals surface area contributed by atoms with Crippen molar-refractivity contribution in [2.45, 2.75) is 25.4 Å². The monoisotopic (exact) mass is 382 g/mol. The first kappa shape index (κ1) is 19.6. The lowest BCUT2D eigenvalue weighted by atomic mass is 9.92. The fraction of sp³-hybridized carbons (Fsp3) is 0.318. The van der Waals surface area contributed by atoms with Crippen LogP contribution in [0.4, 0.5) is 0 Å². The highest BCUT2D eigenvalue weighted by Gasteiger charge is 2.47. The minimum atomic E-state index is -1.37. The third-order valence-corrected chi connectivity index (χ3v) is 4.81. The summed E-state index contributed by atoms with van der Waals surface area (Å²) in [4.78, 5) is 37.5. The summed E-state index contributed by atoms with van der Waals surface area (Å²) in [6, 6.07) is 14.7. The molecule has 2 aromatic rings. The number of methoxy groups -OCH3 is 2. The predicted octanol–water partition coefficient (Wildman–Crippen LogP) is 2.56. The lowest BCUT2D eigenvalue weighted by molar-refractivity contribution is -0.146. The zero-order chi connectivity index (χ0) is 20.1. The number of ketones is 2. The maximum absolute atomic E-state index is 12.7. The molecule has 146 valence electrons. The summed E-state index contributed by atoms with van der Waals surface area (Å²) >= 11 is 0. The van der Waals surface area contributed by atoms with Gasteiger partial charge in [0.05, 0.1) is 14.2 Å². The quantitative estimate of drug-likeness (QED) is 0.516. The number of ether oxygens (including phenoxy) is 3. The number of esters is 1. The topological polar surface area (TPSA) is 78.9 Å². The highest BCUT2D eigenvalue weighted by molar-refractivity contribution is 6.22. The van der Waals surface area contributed by atoms with Gasteiger partial charge in [-0.05, 0) is 24.5 Å². The largest absolute Gasteiger partial charge is 0.497 e. The average Bonchev–Trinajstić information content (AvgIpc) is 3.00. The fourth-order valence-electron chi connectivity index (χ4n) is 3.29. The molecule has 2 aromatic carbocycles. The summed E-state index contributed by atoms with van der Waals surface area (Å²) in [6.07, 6.45) is -0.00843. The molecule has 0 aromatic heterocycles. The van der Waals surface area contributed by atoms with Gasteiger partial charge in [0.15, 0.2) is 23.6 Å². The molecule has 1 fully saturated rings. The Morgan fingerprint density at radius 3 is 2.46 bits per heavy atom. The highest BCUT2D eigenvalue weighted by Crippen LogP contribution is 2.28. The zero-order valence-electron chi connectivity index (χ0n) is 15.8. The fourth-order valence-corrected chi connectivity index (χ4v) is 3.29. The summed E-state index contributed by atoms with van der Waals surface area (Å²) < 4.78 is 15.6. The van der Waals surface area contributed by atoms with E-state index in [-0.39, 0.29) is 6.42 Å². The van der Waals surface area contributed by atoms with Crippen molar-refractivity contribution in [3.8, 4) is 11.5 Å². The number of hydrogen-bond donors (Lipinski definition) is 0. The molecule has 3 rings (SSSR count). The van der Waals surface area contributed by atoms with Gasteiger partial charge < -0.3 is 14.2 Å². The Balaban J connectivity index is 1.67. The van der Waals surface area contributed by atoms with Crippen molar-refractivity contribution >= 4 is 17.5 Å². The number of benzene rings is 2. The van der Waals surface area contributed by atoms with E-state index in [9.17, 15) is 14.4 Å². The van der Waals surface area contributed by atoms with Crippen LogP contribution in [0.1, 0.15) is 17.5 Å². The molecule has 0 amide bonds. The van der Waals surface area contributed by atoms with Crippen molar-refractivity contribution in [2.75, 3.05) is 14.2 Å².